The van der Waals surface area contributed by atoms with Crippen LogP contribution in [0.15, 0.2) is 103 Å². The van der Waals surface area contributed by atoms with E-state index in [9.17, 15) is 14.4 Å². The highest BCUT2D eigenvalue weighted by Crippen LogP contribution is 2.59. The molecule has 0 aromatic heterocycles. The monoisotopic (exact) mass is 704 g/mol. The Hall–Kier alpha value is -4.01. The maximum absolute atomic E-state index is 11.8. The molecule has 0 aliphatic heterocycles. The van der Waals surface area contributed by atoms with Crippen molar-refractivity contribution in [3.63, 3.8) is 0 Å². The zero-order valence-corrected chi connectivity index (χ0v) is 32.2. The molecule has 0 atom stereocenters. The Kier molecular flexibility index (Phi) is 7.31. The van der Waals surface area contributed by atoms with Gasteiger partial charge in [0.15, 0.2) is 0 Å². The van der Waals surface area contributed by atoms with Crippen molar-refractivity contribution >= 4 is 56.0 Å². The minimum atomic E-state index is -4.23. The van der Waals surface area contributed by atoms with Gasteiger partial charge in [0.1, 0.15) is 0 Å². The fourth-order valence-corrected chi connectivity index (χ4v) is 10.5. The second kappa shape index (κ2) is 11.3. The molecule has 52 heavy (non-hydrogen) atoms. The number of fused-ring (bicyclic) bond motifs is 5. The van der Waals surface area contributed by atoms with Crippen LogP contribution in [-0.4, -0.2) is 9.79 Å². The number of hydrogen-bond donors (Lipinski definition) is 2. The van der Waals surface area contributed by atoms with Crippen molar-refractivity contribution < 1.29 is 14.4 Å². The summed E-state index contributed by atoms with van der Waals surface area (Å²) < 4.78 is 11.8. The molecular weight excluding hydrogens is 655 g/mol. The Balaban J connectivity index is 1.11. The molecule has 3 saturated carbocycles. The summed E-state index contributed by atoms with van der Waals surface area (Å²) in [5.41, 5.74) is 8.37. The summed E-state index contributed by atoms with van der Waals surface area (Å²) in [7, 11) is -4.23. The minimum absolute atomic E-state index is 0.0393. The Morgan fingerprint density at radius 3 is 1.46 bits per heavy atom. The maximum Gasteiger partial charge on any atom is 0.356 e. The van der Waals surface area contributed by atoms with Gasteiger partial charge in [-0.25, -0.2) is 0 Å². The smallest absolute Gasteiger partial charge is 0.321 e. The molecule has 4 heteroatoms. The molecule has 7 aromatic carbocycles. The van der Waals surface area contributed by atoms with Gasteiger partial charge in [0.05, 0.1) is 5.30 Å². The van der Waals surface area contributed by atoms with E-state index in [1.807, 2.05) is 12.1 Å². The second-order valence-electron chi connectivity index (χ2n) is 18.3. The van der Waals surface area contributed by atoms with Crippen LogP contribution >= 0.6 is 7.60 Å². The lowest BCUT2D eigenvalue weighted by molar-refractivity contribution is 0.102. The van der Waals surface area contributed by atoms with Crippen LogP contribution in [0.2, 0.25) is 0 Å². The first kappa shape index (κ1) is 33.8. The van der Waals surface area contributed by atoms with E-state index in [-0.39, 0.29) is 27.0 Å². The molecule has 0 unspecified atom stereocenters. The van der Waals surface area contributed by atoms with Crippen LogP contribution in [0.25, 0.3) is 54.2 Å². The Bertz CT molecular complexity index is 2480. The average Bonchev–Trinajstić information content (AvgIpc) is 3.13. The average molecular weight is 705 g/mol. The summed E-state index contributed by atoms with van der Waals surface area (Å²) in [4.78, 5) is 19.2. The molecule has 264 valence electrons. The molecule has 0 radical (unpaired) electrons. The summed E-state index contributed by atoms with van der Waals surface area (Å²) in [5.74, 6) is 0. The van der Waals surface area contributed by atoms with Crippen molar-refractivity contribution in [2.24, 2.45) is 0 Å². The molecule has 10 rings (SSSR count). The highest BCUT2D eigenvalue weighted by atomic mass is 31.2. The van der Waals surface area contributed by atoms with Crippen molar-refractivity contribution in [1.82, 2.24) is 0 Å². The topological polar surface area (TPSA) is 57.5 Å². The largest absolute Gasteiger partial charge is 0.356 e. The fourth-order valence-electron chi connectivity index (χ4n) is 9.98. The fraction of sp³-hybridized carbons (Fsp3) is 0.333. The summed E-state index contributed by atoms with van der Waals surface area (Å²) in [6, 6.07) is 38.1. The van der Waals surface area contributed by atoms with Crippen LogP contribution < -0.4 is 5.30 Å². The standard InChI is InChI=1S/C48H49O3P/c1-45(2,3)34-26-31-27-35(46(4,5)6)29-42-40-19-18-37(38-8-7-9-39(44(38)40)41(28-34)43(31)42)30-10-12-32(13-11-30)47-20-23-48(24-21-47,25-22-47)33-14-16-36(17-15-33)52(49,50)51/h7-19,26-29H,20-25H2,1-6H3,(H2,49,50,51). The van der Waals surface area contributed by atoms with Crippen molar-refractivity contribution in [1.29, 1.82) is 0 Å². The molecule has 7 aromatic rings. The van der Waals surface area contributed by atoms with E-state index in [4.69, 9.17) is 0 Å². The molecular formula is C48H49O3P. The van der Waals surface area contributed by atoms with E-state index in [0.717, 1.165) is 38.5 Å². The van der Waals surface area contributed by atoms with Gasteiger partial charge in [0.2, 0.25) is 0 Å². The summed E-state index contributed by atoms with van der Waals surface area (Å²) in [6.07, 6.45) is 6.77. The molecule has 3 aliphatic rings. The van der Waals surface area contributed by atoms with Crippen molar-refractivity contribution in [2.45, 2.75) is 102 Å². The molecule has 0 spiro atoms. The predicted octanol–water partition coefficient (Wildman–Crippen LogP) is 12.3. The van der Waals surface area contributed by atoms with Crippen LogP contribution in [0, 0.1) is 0 Å². The summed E-state index contributed by atoms with van der Waals surface area (Å²) in [5, 5.41) is 10.9. The normalized spacial score (nSPS) is 21.2. The predicted molar refractivity (Wildman–Crippen MR) is 220 cm³/mol. The van der Waals surface area contributed by atoms with Gasteiger partial charge in [-0.1, -0.05) is 120 Å². The van der Waals surface area contributed by atoms with Crippen LogP contribution in [0.5, 0.6) is 0 Å². The number of hydrogen-bond acceptors (Lipinski definition) is 1. The maximum atomic E-state index is 11.8. The highest BCUT2D eigenvalue weighted by Gasteiger charge is 2.50. The van der Waals surface area contributed by atoms with Gasteiger partial charge in [0.25, 0.3) is 0 Å². The third-order valence-corrected chi connectivity index (χ3v) is 14.2. The highest BCUT2D eigenvalue weighted by molar-refractivity contribution is 7.60. The molecule has 3 nitrogen and oxygen atoms in total. The Morgan fingerprint density at radius 1 is 0.519 bits per heavy atom. The lowest BCUT2D eigenvalue weighted by Crippen LogP contribution is -2.46. The Labute approximate surface area is 307 Å². The number of benzene rings is 7. The van der Waals surface area contributed by atoms with Gasteiger partial charge < -0.3 is 9.79 Å². The molecule has 0 amide bonds. The van der Waals surface area contributed by atoms with Crippen molar-refractivity contribution in [2.75, 3.05) is 0 Å². The van der Waals surface area contributed by atoms with E-state index in [2.05, 4.69) is 120 Å². The van der Waals surface area contributed by atoms with Gasteiger partial charge in [-0.05, 0) is 161 Å². The van der Waals surface area contributed by atoms with E-state index < -0.39 is 7.60 Å². The van der Waals surface area contributed by atoms with Crippen LogP contribution in [0.3, 0.4) is 0 Å². The van der Waals surface area contributed by atoms with E-state index in [1.165, 1.54) is 76.5 Å². The quantitative estimate of drug-likeness (QED) is 0.109. The van der Waals surface area contributed by atoms with Crippen LogP contribution in [-0.2, 0) is 26.2 Å². The van der Waals surface area contributed by atoms with Gasteiger partial charge in [-0.3, -0.25) is 4.57 Å². The van der Waals surface area contributed by atoms with Crippen molar-refractivity contribution in [3.8, 4) is 11.1 Å². The summed E-state index contributed by atoms with van der Waals surface area (Å²) >= 11 is 0. The molecule has 3 fully saturated rings. The third-order valence-electron chi connectivity index (χ3n) is 13.3. The van der Waals surface area contributed by atoms with Crippen LogP contribution in [0.4, 0.5) is 0 Å². The zero-order chi connectivity index (χ0) is 36.4. The van der Waals surface area contributed by atoms with E-state index in [1.54, 1.807) is 12.1 Å². The first-order chi connectivity index (χ1) is 24.6. The van der Waals surface area contributed by atoms with E-state index >= 15 is 0 Å². The zero-order valence-electron chi connectivity index (χ0n) is 31.3. The van der Waals surface area contributed by atoms with Gasteiger partial charge in [-0.15, -0.1) is 0 Å². The Morgan fingerprint density at radius 2 is 0.981 bits per heavy atom. The lowest BCUT2D eigenvalue weighted by atomic mass is 9.50. The van der Waals surface area contributed by atoms with Crippen LogP contribution in [0.1, 0.15) is 102 Å². The van der Waals surface area contributed by atoms with Crippen molar-refractivity contribution in [3.05, 3.63) is 125 Å². The first-order valence-electron chi connectivity index (χ1n) is 19.0. The van der Waals surface area contributed by atoms with Gasteiger partial charge in [0, 0.05) is 0 Å². The molecule has 0 heterocycles. The van der Waals surface area contributed by atoms with Gasteiger partial charge in [-0.2, -0.15) is 0 Å². The molecule has 2 N–H and O–H groups in total. The SMILES string of the molecule is CC(C)(C)c1cc2cc(C(C)(C)C)cc3c4ccc(-c5ccc(C67CCC(c8ccc(P(=O)(O)O)cc8)(CC6)CC7)cc5)c5cccc(c(c1)c23)c54. The third kappa shape index (κ3) is 5.19. The van der Waals surface area contributed by atoms with E-state index in [0.29, 0.717) is 0 Å². The number of rotatable bonds is 4. The second-order valence-corrected chi connectivity index (χ2v) is 19.9. The molecule has 0 saturated heterocycles. The minimum Gasteiger partial charge on any atom is -0.321 e. The summed E-state index contributed by atoms with van der Waals surface area (Å²) in [6.45, 7) is 13.9. The lowest BCUT2D eigenvalue weighted by Gasteiger charge is -2.54. The van der Waals surface area contributed by atoms with Gasteiger partial charge >= 0.3 is 7.60 Å². The molecule has 2 bridgehead atoms. The first-order valence-corrected chi connectivity index (χ1v) is 20.6. The molecule has 3 aliphatic carbocycles.